The highest BCUT2D eigenvalue weighted by atomic mass is 79.9. The number of nitrogens with one attached hydrogen (secondary N) is 1. The summed E-state index contributed by atoms with van der Waals surface area (Å²) in [5, 5.41) is 3.29. The molecule has 0 saturated heterocycles. The third-order valence-electron chi connectivity index (χ3n) is 2.88. The molecule has 4 heteroatoms. The third kappa shape index (κ3) is 3.56. The fraction of sp³-hybridized carbons (Fsp3) is 0.500. The van der Waals surface area contributed by atoms with Gasteiger partial charge < -0.3 is 4.74 Å². The van der Waals surface area contributed by atoms with E-state index in [1.807, 2.05) is 31.2 Å². The number of ether oxygens (including phenoxy) is 1. The molecule has 0 bridgehead atoms. The largest absolute Gasteiger partial charge is 0.467 e. The highest BCUT2D eigenvalue weighted by Crippen LogP contribution is 2.24. The molecular weight excluding hydrogens is 294 g/mol. The zero-order chi connectivity index (χ0) is 13.8. The van der Waals surface area contributed by atoms with Crippen LogP contribution in [0.5, 0.6) is 0 Å². The minimum absolute atomic E-state index is 0.273. The summed E-state index contributed by atoms with van der Waals surface area (Å²) in [5.41, 5.74) is 0.0953. The van der Waals surface area contributed by atoms with E-state index < -0.39 is 5.54 Å². The molecule has 0 aliphatic carbocycles. The second-order valence-electron chi connectivity index (χ2n) is 4.90. The van der Waals surface area contributed by atoms with Crippen LogP contribution in [0.3, 0.4) is 0 Å². The lowest BCUT2D eigenvalue weighted by molar-refractivity contribution is -0.148. The lowest BCUT2D eigenvalue weighted by atomic mass is 9.91. The van der Waals surface area contributed by atoms with E-state index in [4.69, 9.17) is 4.74 Å². The van der Waals surface area contributed by atoms with E-state index in [9.17, 15) is 4.79 Å². The molecule has 0 heterocycles. The van der Waals surface area contributed by atoms with Crippen molar-refractivity contribution in [3.63, 3.8) is 0 Å². The highest BCUT2D eigenvalue weighted by molar-refractivity contribution is 9.10. The van der Waals surface area contributed by atoms with Gasteiger partial charge in [0.25, 0.3) is 0 Å². The fourth-order valence-electron chi connectivity index (χ4n) is 1.69. The number of methoxy groups -OCH3 is 1. The van der Waals surface area contributed by atoms with Crippen molar-refractivity contribution < 1.29 is 9.53 Å². The molecule has 0 fully saturated rings. The minimum atomic E-state index is -0.806. The highest BCUT2D eigenvalue weighted by Gasteiger charge is 2.35. The van der Waals surface area contributed by atoms with Gasteiger partial charge in [-0.2, -0.15) is 0 Å². The van der Waals surface area contributed by atoms with Gasteiger partial charge in [-0.25, -0.2) is 4.79 Å². The van der Waals surface area contributed by atoms with Gasteiger partial charge >= 0.3 is 5.97 Å². The van der Waals surface area contributed by atoms with Crippen molar-refractivity contribution in [1.82, 2.24) is 5.32 Å². The number of benzene rings is 1. The standard InChI is InChI=1S/C14H20BrNO2/c1-10(2)9-16-14(3,13(17)18-4)11-5-7-12(15)8-6-11/h5-8,10,16H,9H2,1-4H3. The number of hydrogen-bond acceptors (Lipinski definition) is 3. The topological polar surface area (TPSA) is 38.3 Å². The Labute approximate surface area is 117 Å². The summed E-state index contributed by atoms with van der Waals surface area (Å²) in [5.74, 6) is 0.190. The van der Waals surface area contributed by atoms with Crippen molar-refractivity contribution in [3.05, 3.63) is 34.3 Å². The molecule has 0 aliphatic rings. The van der Waals surface area contributed by atoms with Gasteiger partial charge in [0.1, 0.15) is 5.54 Å². The first-order valence-corrected chi connectivity index (χ1v) is 6.79. The summed E-state index contributed by atoms with van der Waals surface area (Å²) in [6, 6.07) is 7.70. The van der Waals surface area contributed by atoms with Crippen LogP contribution in [-0.4, -0.2) is 19.6 Å². The zero-order valence-corrected chi connectivity index (χ0v) is 12.9. The Morgan fingerprint density at radius 1 is 1.39 bits per heavy atom. The molecule has 1 aromatic rings. The van der Waals surface area contributed by atoms with Crippen LogP contribution in [0.2, 0.25) is 0 Å². The molecule has 1 N–H and O–H groups in total. The first-order chi connectivity index (χ1) is 8.40. The molecule has 100 valence electrons. The minimum Gasteiger partial charge on any atom is -0.467 e. The van der Waals surface area contributed by atoms with Crippen molar-refractivity contribution in [2.45, 2.75) is 26.3 Å². The van der Waals surface area contributed by atoms with Crippen LogP contribution in [0.4, 0.5) is 0 Å². The number of carbonyl (C=O) groups excluding carboxylic acids is 1. The van der Waals surface area contributed by atoms with Gasteiger partial charge in [0.2, 0.25) is 0 Å². The molecule has 18 heavy (non-hydrogen) atoms. The van der Waals surface area contributed by atoms with Crippen LogP contribution in [-0.2, 0) is 15.1 Å². The van der Waals surface area contributed by atoms with Gasteiger partial charge in [-0.15, -0.1) is 0 Å². The van der Waals surface area contributed by atoms with E-state index in [2.05, 4.69) is 35.1 Å². The van der Waals surface area contributed by atoms with Crippen molar-refractivity contribution >= 4 is 21.9 Å². The lowest BCUT2D eigenvalue weighted by Gasteiger charge is -2.29. The molecular formula is C14H20BrNO2. The molecule has 0 amide bonds. The summed E-state index contributed by atoms with van der Waals surface area (Å²) in [6.45, 7) is 6.81. The Hall–Kier alpha value is -0.870. The van der Waals surface area contributed by atoms with Gasteiger partial charge in [-0.05, 0) is 37.1 Å². The Morgan fingerprint density at radius 3 is 2.39 bits per heavy atom. The van der Waals surface area contributed by atoms with E-state index in [1.54, 1.807) is 0 Å². The molecule has 0 aliphatic heterocycles. The van der Waals surface area contributed by atoms with Gasteiger partial charge in [0, 0.05) is 4.47 Å². The number of esters is 1. The van der Waals surface area contributed by atoms with Crippen LogP contribution in [0.25, 0.3) is 0 Å². The Kier molecular flexibility index (Phi) is 5.35. The molecule has 1 aromatic carbocycles. The smallest absolute Gasteiger partial charge is 0.330 e. The number of rotatable bonds is 5. The predicted molar refractivity (Wildman–Crippen MR) is 76.4 cm³/mol. The van der Waals surface area contributed by atoms with E-state index in [0.717, 1.165) is 16.6 Å². The van der Waals surface area contributed by atoms with Crippen LogP contribution in [0.1, 0.15) is 26.3 Å². The van der Waals surface area contributed by atoms with Crippen molar-refractivity contribution in [2.24, 2.45) is 5.92 Å². The average molecular weight is 314 g/mol. The van der Waals surface area contributed by atoms with Crippen LogP contribution in [0.15, 0.2) is 28.7 Å². The maximum Gasteiger partial charge on any atom is 0.330 e. The Bertz CT molecular complexity index is 403. The number of carbonyl (C=O) groups is 1. The first kappa shape index (κ1) is 15.2. The number of hydrogen-bond donors (Lipinski definition) is 1. The van der Waals surface area contributed by atoms with Crippen molar-refractivity contribution in [3.8, 4) is 0 Å². The normalized spacial score (nSPS) is 14.3. The van der Waals surface area contributed by atoms with Crippen LogP contribution in [0, 0.1) is 5.92 Å². The van der Waals surface area contributed by atoms with Gasteiger partial charge in [-0.3, -0.25) is 5.32 Å². The third-order valence-corrected chi connectivity index (χ3v) is 3.41. The van der Waals surface area contributed by atoms with Crippen LogP contribution < -0.4 is 5.32 Å². The fourth-order valence-corrected chi connectivity index (χ4v) is 1.95. The summed E-state index contributed by atoms with van der Waals surface area (Å²) < 4.78 is 5.91. The maximum absolute atomic E-state index is 12.0. The van der Waals surface area contributed by atoms with Gasteiger partial charge in [0.05, 0.1) is 7.11 Å². The number of halogens is 1. The quantitative estimate of drug-likeness (QED) is 0.849. The SMILES string of the molecule is COC(=O)C(C)(NCC(C)C)c1ccc(Br)cc1. The molecule has 0 saturated carbocycles. The van der Waals surface area contributed by atoms with Crippen molar-refractivity contribution in [2.75, 3.05) is 13.7 Å². The molecule has 0 radical (unpaired) electrons. The van der Waals surface area contributed by atoms with Gasteiger partial charge in [-0.1, -0.05) is 41.9 Å². The average Bonchev–Trinajstić information content (AvgIpc) is 2.35. The van der Waals surface area contributed by atoms with E-state index >= 15 is 0 Å². The summed E-state index contributed by atoms with van der Waals surface area (Å²) >= 11 is 3.39. The molecule has 1 unspecified atom stereocenters. The molecule has 0 spiro atoms. The predicted octanol–water partition coefficient (Wildman–Crippen LogP) is 3.08. The molecule has 3 nitrogen and oxygen atoms in total. The summed E-state index contributed by atoms with van der Waals surface area (Å²) in [7, 11) is 1.41. The molecule has 1 rings (SSSR count). The van der Waals surface area contributed by atoms with Crippen LogP contribution >= 0.6 is 15.9 Å². The Balaban J connectivity index is 3.03. The monoisotopic (exact) mass is 313 g/mol. The summed E-state index contributed by atoms with van der Waals surface area (Å²) in [6.07, 6.45) is 0. The Morgan fingerprint density at radius 2 is 1.94 bits per heavy atom. The second kappa shape index (κ2) is 6.34. The zero-order valence-electron chi connectivity index (χ0n) is 11.3. The van der Waals surface area contributed by atoms with E-state index in [-0.39, 0.29) is 5.97 Å². The molecule has 1 atom stereocenters. The first-order valence-electron chi connectivity index (χ1n) is 5.99. The molecule has 0 aromatic heterocycles. The summed E-state index contributed by atoms with van der Waals surface area (Å²) in [4.78, 5) is 12.0. The maximum atomic E-state index is 12.0. The van der Waals surface area contributed by atoms with Crippen molar-refractivity contribution in [1.29, 1.82) is 0 Å². The lowest BCUT2D eigenvalue weighted by Crippen LogP contribution is -2.48. The van der Waals surface area contributed by atoms with Gasteiger partial charge in [0.15, 0.2) is 0 Å². The van der Waals surface area contributed by atoms with E-state index in [1.165, 1.54) is 7.11 Å². The van der Waals surface area contributed by atoms with E-state index in [0.29, 0.717) is 5.92 Å². The second-order valence-corrected chi connectivity index (χ2v) is 5.81.